The first-order valence-electron chi connectivity index (χ1n) is 6.21. The fraction of sp³-hybridized carbons (Fsp3) is 0.615. The largest absolute Gasteiger partial charge is 0.398 e. The van der Waals surface area contributed by atoms with E-state index in [0.717, 1.165) is 6.61 Å². The number of nitrogen functional groups attached to an aromatic ring is 1. The predicted octanol–water partition coefficient (Wildman–Crippen LogP) is 1.12. The van der Waals surface area contributed by atoms with Crippen LogP contribution in [-0.2, 0) is 16.0 Å². The van der Waals surface area contributed by atoms with Gasteiger partial charge in [-0.3, -0.25) is 4.79 Å². The van der Waals surface area contributed by atoms with Gasteiger partial charge in [0.15, 0.2) is 0 Å². The smallest absolute Gasteiger partial charge is 0.250 e. The van der Waals surface area contributed by atoms with Crippen LogP contribution in [0.4, 0.5) is 5.69 Å². The van der Waals surface area contributed by atoms with E-state index in [1.165, 1.54) is 6.07 Å². The molecule has 0 atom stereocenters. The molecule has 0 spiro atoms. The number of hydrogen-bond acceptors (Lipinski definition) is 4. The number of hydrogen-bond donors (Lipinski definition) is 1. The van der Waals surface area contributed by atoms with Crippen molar-refractivity contribution >= 4 is 5.69 Å². The third-order valence-electron chi connectivity index (χ3n) is 2.31. The maximum Gasteiger partial charge on any atom is 0.250 e. The van der Waals surface area contributed by atoms with E-state index >= 15 is 0 Å². The number of aromatic nitrogens is 1. The first-order chi connectivity index (χ1) is 8.59. The van der Waals surface area contributed by atoms with Crippen LogP contribution < -0.4 is 11.3 Å². The van der Waals surface area contributed by atoms with E-state index in [9.17, 15) is 4.79 Å². The number of pyridine rings is 1. The third-order valence-corrected chi connectivity index (χ3v) is 2.31. The molecule has 0 aliphatic rings. The van der Waals surface area contributed by atoms with Crippen molar-refractivity contribution < 1.29 is 9.47 Å². The quantitative estimate of drug-likeness (QED) is 0.706. The van der Waals surface area contributed by atoms with E-state index in [-0.39, 0.29) is 5.56 Å². The number of anilines is 1. The fourth-order valence-electron chi connectivity index (χ4n) is 1.43. The molecule has 0 aromatic carbocycles. The zero-order valence-corrected chi connectivity index (χ0v) is 11.1. The summed E-state index contributed by atoms with van der Waals surface area (Å²) < 4.78 is 12.3. The van der Waals surface area contributed by atoms with Crippen molar-refractivity contribution in [2.24, 2.45) is 5.92 Å². The standard InChI is InChI=1S/C13H22N2O3/c1-11(2)10-18-8-7-17-6-5-15-9-12(14)3-4-13(15)16/h3-4,9,11H,5-8,10,14H2,1-2H3. The van der Waals surface area contributed by atoms with Gasteiger partial charge in [-0.25, -0.2) is 0 Å². The maximum absolute atomic E-state index is 11.4. The molecule has 18 heavy (non-hydrogen) atoms. The molecule has 0 aliphatic heterocycles. The van der Waals surface area contributed by atoms with E-state index in [4.69, 9.17) is 15.2 Å². The molecule has 0 radical (unpaired) electrons. The number of ether oxygens (including phenoxy) is 2. The van der Waals surface area contributed by atoms with Crippen molar-refractivity contribution in [2.45, 2.75) is 20.4 Å². The molecule has 0 saturated heterocycles. The minimum Gasteiger partial charge on any atom is -0.398 e. The summed E-state index contributed by atoms with van der Waals surface area (Å²) in [6.45, 7) is 7.08. The lowest BCUT2D eigenvalue weighted by Crippen LogP contribution is -2.22. The van der Waals surface area contributed by atoms with Crippen molar-refractivity contribution in [3.8, 4) is 0 Å². The second kappa shape index (κ2) is 7.89. The van der Waals surface area contributed by atoms with Gasteiger partial charge in [-0.15, -0.1) is 0 Å². The van der Waals surface area contributed by atoms with E-state index in [2.05, 4.69) is 13.8 Å². The molecule has 0 unspecified atom stereocenters. The number of nitrogens with two attached hydrogens (primary N) is 1. The molecule has 1 rings (SSSR count). The Morgan fingerprint density at radius 3 is 2.67 bits per heavy atom. The first-order valence-corrected chi connectivity index (χ1v) is 6.21. The lowest BCUT2D eigenvalue weighted by Gasteiger charge is -2.09. The van der Waals surface area contributed by atoms with Crippen LogP contribution in [0.3, 0.4) is 0 Å². The molecule has 0 fully saturated rings. The Kier molecular flexibility index (Phi) is 6.46. The van der Waals surface area contributed by atoms with Crippen LogP contribution in [0.2, 0.25) is 0 Å². The number of nitrogens with zero attached hydrogens (tertiary/aromatic N) is 1. The second-order valence-corrected chi connectivity index (χ2v) is 4.58. The summed E-state index contributed by atoms with van der Waals surface area (Å²) in [5.41, 5.74) is 6.12. The second-order valence-electron chi connectivity index (χ2n) is 4.58. The van der Waals surface area contributed by atoms with E-state index in [0.29, 0.717) is 38.0 Å². The Balaban J connectivity index is 2.14. The predicted molar refractivity (Wildman–Crippen MR) is 71.6 cm³/mol. The first kappa shape index (κ1) is 14.7. The van der Waals surface area contributed by atoms with Gasteiger partial charge in [0, 0.05) is 31.1 Å². The highest BCUT2D eigenvalue weighted by atomic mass is 16.5. The molecule has 1 aromatic rings. The Labute approximate surface area is 108 Å². The lowest BCUT2D eigenvalue weighted by molar-refractivity contribution is 0.0351. The minimum absolute atomic E-state index is 0.0659. The summed E-state index contributed by atoms with van der Waals surface area (Å²) in [5.74, 6) is 0.538. The Bertz CT molecular complexity index is 401. The molecule has 1 heterocycles. The van der Waals surface area contributed by atoms with Crippen molar-refractivity contribution in [3.63, 3.8) is 0 Å². The van der Waals surface area contributed by atoms with Gasteiger partial charge >= 0.3 is 0 Å². The van der Waals surface area contributed by atoms with Crippen LogP contribution in [0.15, 0.2) is 23.1 Å². The highest BCUT2D eigenvalue weighted by Crippen LogP contribution is 1.96. The number of rotatable bonds is 8. The SMILES string of the molecule is CC(C)COCCOCCn1cc(N)ccc1=O. The van der Waals surface area contributed by atoms with Crippen LogP contribution in [0.5, 0.6) is 0 Å². The molecular weight excluding hydrogens is 232 g/mol. The molecule has 5 heteroatoms. The van der Waals surface area contributed by atoms with Crippen molar-refractivity contribution in [1.29, 1.82) is 0 Å². The molecule has 1 aromatic heterocycles. The molecule has 0 amide bonds. The zero-order chi connectivity index (χ0) is 13.4. The molecule has 0 bridgehead atoms. The van der Waals surface area contributed by atoms with E-state index in [1.54, 1.807) is 16.8 Å². The van der Waals surface area contributed by atoms with Crippen molar-refractivity contribution in [2.75, 3.05) is 32.2 Å². The Morgan fingerprint density at radius 1 is 1.22 bits per heavy atom. The summed E-state index contributed by atoms with van der Waals surface area (Å²) >= 11 is 0. The van der Waals surface area contributed by atoms with Gasteiger partial charge in [0.25, 0.3) is 5.56 Å². The summed E-state index contributed by atoms with van der Waals surface area (Å²) in [6.07, 6.45) is 1.63. The Hall–Kier alpha value is -1.33. The van der Waals surface area contributed by atoms with Gasteiger partial charge in [0.2, 0.25) is 0 Å². The van der Waals surface area contributed by atoms with Crippen LogP contribution in [0.1, 0.15) is 13.8 Å². The van der Waals surface area contributed by atoms with Gasteiger partial charge in [-0.05, 0) is 12.0 Å². The van der Waals surface area contributed by atoms with Gasteiger partial charge < -0.3 is 19.8 Å². The van der Waals surface area contributed by atoms with Crippen molar-refractivity contribution in [1.82, 2.24) is 4.57 Å². The van der Waals surface area contributed by atoms with Crippen LogP contribution >= 0.6 is 0 Å². The average molecular weight is 254 g/mol. The normalized spacial score (nSPS) is 11.1. The molecule has 5 nitrogen and oxygen atoms in total. The zero-order valence-electron chi connectivity index (χ0n) is 11.1. The highest BCUT2D eigenvalue weighted by Gasteiger charge is 1.97. The summed E-state index contributed by atoms with van der Waals surface area (Å²) in [4.78, 5) is 11.4. The topological polar surface area (TPSA) is 66.5 Å². The summed E-state index contributed by atoms with van der Waals surface area (Å²) in [7, 11) is 0. The highest BCUT2D eigenvalue weighted by molar-refractivity contribution is 5.33. The monoisotopic (exact) mass is 254 g/mol. The Morgan fingerprint density at radius 2 is 1.94 bits per heavy atom. The third kappa shape index (κ3) is 5.84. The molecular formula is C13H22N2O3. The van der Waals surface area contributed by atoms with Gasteiger partial charge in [0.1, 0.15) is 0 Å². The molecule has 0 aliphatic carbocycles. The lowest BCUT2D eigenvalue weighted by atomic mass is 10.2. The van der Waals surface area contributed by atoms with Gasteiger partial charge in [0.05, 0.1) is 19.8 Å². The van der Waals surface area contributed by atoms with E-state index < -0.39 is 0 Å². The summed E-state index contributed by atoms with van der Waals surface area (Å²) in [6, 6.07) is 3.06. The fourth-order valence-corrected chi connectivity index (χ4v) is 1.43. The minimum atomic E-state index is -0.0659. The van der Waals surface area contributed by atoms with Crippen LogP contribution in [0, 0.1) is 5.92 Å². The molecule has 2 N–H and O–H groups in total. The van der Waals surface area contributed by atoms with Crippen LogP contribution in [-0.4, -0.2) is 31.0 Å². The maximum atomic E-state index is 11.4. The summed E-state index contributed by atoms with van der Waals surface area (Å²) in [5, 5.41) is 0. The van der Waals surface area contributed by atoms with Gasteiger partial charge in [-0.2, -0.15) is 0 Å². The van der Waals surface area contributed by atoms with Crippen LogP contribution in [0.25, 0.3) is 0 Å². The van der Waals surface area contributed by atoms with Crippen molar-refractivity contribution in [3.05, 3.63) is 28.7 Å². The van der Waals surface area contributed by atoms with E-state index in [1.807, 2.05) is 0 Å². The molecule has 102 valence electrons. The molecule has 0 saturated carbocycles. The van der Waals surface area contributed by atoms with Gasteiger partial charge in [-0.1, -0.05) is 13.8 Å². The average Bonchev–Trinajstić information content (AvgIpc) is 2.32.